The molecule has 1 nitrogen and oxygen atoms in total. The molecule has 0 saturated heterocycles. The van der Waals surface area contributed by atoms with E-state index in [1.165, 1.54) is 16.0 Å². The zero-order valence-electron chi connectivity index (χ0n) is 12.3. The second kappa shape index (κ2) is 6.88. The fourth-order valence-corrected chi connectivity index (χ4v) is 4.57. The van der Waals surface area contributed by atoms with Crippen LogP contribution >= 0.6 is 27.3 Å². The number of nitrogens with two attached hydrogens (primary N) is 1. The highest BCUT2D eigenvalue weighted by atomic mass is 79.9. The van der Waals surface area contributed by atoms with Crippen molar-refractivity contribution < 1.29 is 0 Å². The summed E-state index contributed by atoms with van der Waals surface area (Å²) in [7, 11) is 0. The molecule has 0 aliphatic heterocycles. The molecule has 0 fully saturated rings. The summed E-state index contributed by atoms with van der Waals surface area (Å²) in [5, 5.41) is 0. The average molecular weight is 352 g/mol. The molecular formula is C17H22BrNS. The molecule has 0 radical (unpaired) electrons. The van der Waals surface area contributed by atoms with Crippen LogP contribution in [-0.4, -0.2) is 0 Å². The van der Waals surface area contributed by atoms with Gasteiger partial charge in [0, 0.05) is 16.8 Å². The van der Waals surface area contributed by atoms with Gasteiger partial charge in [-0.1, -0.05) is 50.6 Å². The predicted octanol–water partition coefficient (Wildman–Crippen LogP) is 5.65. The van der Waals surface area contributed by atoms with Gasteiger partial charge < -0.3 is 5.73 Å². The fraction of sp³-hybridized carbons (Fsp3) is 0.412. The Labute approximate surface area is 134 Å². The van der Waals surface area contributed by atoms with Gasteiger partial charge in [0.25, 0.3) is 0 Å². The highest BCUT2D eigenvalue weighted by Crippen LogP contribution is 2.40. The van der Waals surface area contributed by atoms with Crippen LogP contribution in [0, 0.1) is 12.8 Å². The summed E-state index contributed by atoms with van der Waals surface area (Å²) < 4.78 is 1.16. The Kier molecular flexibility index (Phi) is 5.42. The Balaban J connectivity index is 2.39. The van der Waals surface area contributed by atoms with E-state index in [1.54, 1.807) is 11.3 Å². The lowest BCUT2D eigenvalue weighted by molar-refractivity contribution is 0.387. The molecule has 1 aromatic heterocycles. The van der Waals surface area contributed by atoms with Gasteiger partial charge in [0.2, 0.25) is 0 Å². The van der Waals surface area contributed by atoms with E-state index in [-0.39, 0.29) is 6.04 Å². The van der Waals surface area contributed by atoms with E-state index in [1.807, 2.05) is 0 Å². The number of benzene rings is 1. The van der Waals surface area contributed by atoms with Crippen LogP contribution in [0.1, 0.15) is 48.2 Å². The third-order valence-corrected chi connectivity index (χ3v) is 5.68. The molecule has 0 spiro atoms. The van der Waals surface area contributed by atoms with Crippen LogP contribution in [0.3, 0.4) is 0 Å². The fourth-order valence-electron chi connectivity index (χ4n) is 2.80. The van der Waals surface area contributed by atoms with Gasteiger partial charge in [-0.25, -0.2) is 0 Å². The van der Waals surface area contributed by atoms with E-state index >= 15 is 0 Å². The Hall–Kier alpha value is -0.640. The van der Waals surface area contributed by atoms with Crippen LogP contribution in [-0.2, 0) is 0 Å². The van der Waals surface area contributed by atoms with Crippen LogP contribution in [0.4, 0.5) is 0 Å². The van der Waals surface area contributed by atoms with Crippen LogP contribution in [0.15, 0.2) is 40.2 Å². The highest BCUT2D eigenvalue weighted by Gasteiger charge is 2.27. The van der Waals surface area contributed by atoms with E-state index in [9.17, 15) is 0 Å². The van der Waals surface area contributed by atoms with Crippen molar-refractivity contribution in [2.24, 2.45) is 11.7 Å². The van der Waals surface area contributed by atoms with Crippen LogP contribution in [0.5, 0.6) is 0 Å². The molecule has 2 N–H and O–H groups in total. The van der Waals surface area contributed by atoms with Crippen molar-refractivity contribution in [3.63, 3.8) is 0 Å². The molecule has 3 unspecified atom stereocenters. The highest BCUT2D eigenvalue weighted by molar-refractivity contribution is 9.11. The maximum Gasteiger partial charge on any atom is 0.0704 e. The first-order valence-corrected chi connectivity index (χ1v) is 8.71. The summed E-state index contributed by atoms with van der Waals surface area (Å²) in [6.45, 7) is 6.70. The van der Waals surface area contributed by atoms with Gasteiger partial charge in [0.05, 0.1) is 3.79 Å². The first kappa shape index (κ1) is 15.7. The zero-order valence-corrected chi connectivity index (χ0v) is 14.7. The van der Waals surface area contributed by atoms with E-state index in [2.05, 4.69) is 73.1 Å². The number of hydrogen-bond acceptors (Lipinski definition) is 2. The zero-order chi connectivity index (χ0) is 14.7. The Morgan fingerprint density at radius 2 is 1.90 bits per heavy atom. The third kappa shape index (κ3) is 3.33. The summed E-state index contributed by atoms with van der Waals surface area (Å²) in [6, 6.07) is 12.9. The second-order valence-electron chi connectivity index (χ2n) is 5.41. The predicted molar refractivity (Wildman–Crippen MR) is 92.3 cm³/mol. The molecule has 1 heterocycles. The van der Waals surface area contributed by atoms with Crippen molar-refractivity contribution in [3.8, 4) is 0 Å². The van der Waals surface area contributed by atoms with Crippen molar-refractivity contribution >= 4 is 27.3 Å². The summed E-state index contributed by atoms with van der Waals surface area (Å²) in [6.07, 6.45) is 1.14. The van der Waals surface area contributed by atoms with Gasteiger partial charge in [-0.05, 0) is 46.0 Å². The normalized spacial score (nSPS) is 15.8. The summed E-state index contributed by atoms with van der Waals surface area (Å²) >= 11 is 5.34. The molecule has 3 atom stereocenters. The van der Waals surface area contributed by atoms with E-state index in [4.69, 9.17) is 5.73 Å². The minimum Gasteiger partial charge on any atom is -0.323 e. The van der Waals surface area contributed by atoms with Gasteiger partial charge in [-0.15, -0.1) is 11.3 Å². The lowest BCUT2D eigenvalue weighted by atomic mass is 9.78. The van der Waals surface area contributed by atoms with Gasteiger partial charge in [0.1, 0.15) is 0 Å². The van der Waals surface area contributed by atoms with Crippen molar-refractivity contribution in [2.75, 3.05) is 0 Å². The maximum atomic E-state index is 6.65. The molecule has 1 aromatic carbocycles. The number of halogens is 1. The van der Waals surface area contributed by atoms with Crippen molar-refractivity contribution in [1.82, 2.24) is 0 Å². The molecule has 0 amide bonds. The molecule has 0 bridgehead atoms. The van der Waals surface area contributed by atoms with Crippen molar-refractivity contribution in [2.45, 2.75) is 39.2 Å². The first-order chi connectivity index (χ1) is 9.54. The SMILES string of the molecule is CCC(C)C(c1ccccc1)C(N)c1cc(Br)sc1C. The molecule has 0 aliphatic rings. The first-order valence-electron chi connectivity index (χ1n) is 7.11. The number of aryl methyl sites for hydroxylation is 1. The van der Waals surface area contributed by atoms with Crippen LogP contribution < -0.4 is 5.73 Å². The van der Waals surface area contributed by atoms with Crippen LogP contribution in [0.25, 0.3) is 0 Å². The summed E-state index contributed by atoms with van der Waals surface area (Å²) in [5.74, 6) is 0.923. The molecule has 20 heavy (non-hydrogen) atoms. The number of thiophene rings is 1. The van der Waals surface area contributed by atoms with E-state index in [0.29, 0.717) is 11.8 Å². The smallest absolute Gasteiger partial charge is 0.0704 e. The average Bonchev–Trinajstić information content (AvgIpc) is 2.79. The largest absolute Gasteiger partial charge is 0.323 e. The van der Waals surface area contributed by atoms with Gasteiger partial charge in [-0.2, -0.15) is 0 Å². The quantitative estimate of drug-likeness (QED) is 0.739. The lowest BCUT2D eigenvalue weighted by Crippen LogP contribution is -2.25. The Morgan fingerprint density at radius 3 is 2.40 bits per heavy atom. The van der Waals surface area contributed by atoms with Crippen molar-refractivity contribution in [3.05, 3.63) is 56.2 Å². The van der Waals surface area contributed by atoms with Crippen molar-refractivity contribution in [1.29, 1.82) is 0 Å². The summed E-state index contributed by atoms with van der Waals surface area (Å²) in [5.41, 5.74) is 9.27. The molecule has 0 saturated carbocycles. The lowest BCUT2D eigenvalue weighted by Gasteiger charge is -2.29. The Bertz CT molecular complexity index is 549. The minimum absolute atomic E-state index is 0.0508. The minimum atomic E-state index is 0.0508. The number of rotatable bonds is 5. The molecule has 2 rings (SSSR count). The second-order valence-corrected chi connectivity index (χ2v) is 8.05. The number of hydrogen-bond donors (Lipinski definition) is 1. The van der Waals surface area contributed by atoms with Gasteiger partial charge in [-0.3, -0.25) is 0 Å². The molecule has 108 valence electrons. The van der Waals surface area contributed by atoms with E-state index in [0.717, 1.165) is 10.2 Å². The van der Waals surface area contributed by atoms with Gasteiger partial charge >= 0.3 is 0 Å². The van der Waals surface area contributed by atoms with Crippen LogP contribution in [0.2, 0.25) is 0 Å². The monoisotopic (exact) mass is 351 g/mol. The summed E-state index contributed by atoms with van der Waals surface area (Å²) in [4.78, 5) is 1.31. The standard InChI is InChI=1S/C17H22BrNS/c1-4-11(2)16(13-8-6-5-7-9-13)17(19)14-10-15(18)20-12(14)3/h5-11,16-17H,4,19H2,1-3H3. The molecular weight excluding hydrogens is 330 g/mol. The maximum absolute atomic E-state index is 6.65. The molecule has 2 aromatic rings. The topological polar surface area (TPSA) is 26.0 Å². The Morgan fingerprint density at radius 1 is 1.25 bits per heavy atom. The van der Waals surface area contributed by atoms with Gasteiger partial charge in [0.15, 0.2) is 0 Å². The molecule has 0 aliphatic carbocycles. The van der Waals surface area contributed by atoms with E-state index < -0.39 is 0 Å². The third-order valence-electron chi connectivity index (χ3n) is 4.11. The molecule has 3 heteroatoms.